The Labute approximate surface area is 285 Å². The summed E-state index contributed by atoms with van der Waals surface area (Å²) in [6, 6.07) is 6.30. The first-order valence-corrected chi connectivity index (χ1v) is 18.2. The van der Waals surface area contributed by atoms with Gasteiger partial charge in [0.15, 0.2) is 0 Å². The van der Waals surface area contributed by atoms with Gasteiger partial charge in [-0.15, -0.1) is 5.10 Å². The minimum absolute atomic E-state index is 0.0119. The fourth-order valence-corrected chi connectivity index (χ4v) is 13.2. The largest absolute Gasteiger partial charge is 0.481 e. The molecule has 5 fully saturated rings. The summed E-state index contributed by atoms with van der Waals surface area (Å²) in [6.07, 6.45) is 12.4. The van der Waals surface area contributed by atoms with Gasteiger partial charge in [-0.2, -0.15) is 0 Å². The fraction of sp³-hybridized carbons (Fsp3) is 0.718. The number of fused-ring (bicyclic) bond motifs is 7. The molecule has 0 amide bonds. The van der Waals surface area contributed by atoms with Crippen LogP contribution in [0.2, 0.25) is 0 Å². The second-order valence-corrected chi connectivity index (χ2v) is 17.7. The first-order chi connectivity index (χ1) is 22.6. The van der Waals surface area contributed by atoms with Crippen molar-refractivity contribution >= 4 is 11.7 Å². The lowest BCUT2D eigenvalue weighted by Gasteiger charge is -2.72. The number of carbonyl (C=O) groups is 1. The molecule has 9 nitrogen and oxygen atoms in total. The molecule has 1 aromatic carbocycles. The van der Waals surface area contributed by atoms with Crippen molar-refractivity contribution in [2.45, 2.75) is 118 Å². The van der Waals surface area contributed by atoms with Crippen LogP contribution in [0.3, 0.4) is 0 Å². The number of aliphatic carboxylic acids is 1. The highest BCUT2D eigenvalue weighted by Crippen LogP contribution is 2.77. The van der Waals surface area contributed by atoms with Crippen molar-refractivity contribution in [3.8, 4) is 5.69 Å². The lowest BCUT2D eigenvalue weighted by molar-refractivity contribution is -0.384. The molecule has 1 aromatic heterocycles. The smallest absolute Gasteiger partial charge is 0.309 e. The molecular weight excluding hydrogens is 604 g/mol. The molecule has 5 aliphatic carbocycles. The highest BCUT2D eigenvalue weighted by atomic mass is 16.6. The van der Waals surface area contributed by atoms with Gasteiger partial charge >= 0.3 is 5.97 Å². The van der Waals surface area contributed by atoms with Crippen LogP contribution >= 0.6 is 0 Å². The number of hydrogen-bond acceptors (Lipinski definition) is 6. The van der Waals surface area contributed by atoms with Gasteiger partial charge in [0.05, 0.1) is 34.9 Å². The molecule has 7 rings (SSSR count). The predicted molar refractivity (Wildman–Crippen MR) is 183 cm³/mol. The number of nitro benzene ring substituents is 1. The third-order valence-electron chi connectivity index (χ3n) is 15.7. The summed E-state index contributed by atoms with van der Waals surface area (Å²) < 4.78 is 8.33. The van der Waals surface area contributed by atoms with Crippen molar-refractivity contribution in [2.24, 2.45) is 56.7 Å². The van der Waals surface area contributed by atoms with Crippen LogP contribution in [0.25, 0.3) is 5.69 Å². The van der Waals surface area contributed by atoms with Crippen LogP contribution in [0, 0.1) is 66.8 Å². The minimum atomic E-state index is -0.581. The standard InChI is InChI=1S/C39H54N4O5/c1-24(2)28-14-19-39(34(44)45)21-20-37(6)29(33(28)39)12-13-31-36(5)17-16-32(35(3,4)30(36)15-18-38(31,37)7)48-23-25-22-42(41-40-25)26-8-10-27(11-9-26)43(46)47/h8-11,22,28-33H,1,12-21,23H2,2-7H3,(H,44,45)/t28-,29+,30-,31+,32-,33+,36-,37+,38+,39-/m0/s1. The van der Waals surface area contributed by atoms with Crippen LogP contribution in [0.1, 0.15) is 111 Å². The normalized spacial score (nSPS) is 41.4. The predicted octanol–water partition coefficient (Wildman–Crippen LogP) is 8.80. The summed E-state index contributed by atoms with van der Waals surface area (Å²) in [5.74, 6) is 1.53. The van der Waals surface area contributed by atoms with Gasteiger partial charge in [-0.1, -0.05) is 52.0 Å². The van der Waals surface area contributed by atoms with E-state index in [0.29, 0.717) is 30.3 Å². The average molecular weight is 659 g/mol. The highest BCUT2D eigenvalue weighted by Gasteiger charge is 2.72. The van der Waals surface area contributed by atoms with Crippen molar-refractivity contribution in [3.05, 3.63) is 58.4 Å². The Morgan fingerprint density at radius 2 is 1.71 bits per heavy atom. The van der Waals surface area contributed by atoms with Crippen molar-refractivity contribution < 1.29 is 19.6 Å². The average Bonchev–Trinajstić information content (AvgIpc) is 3.67. The van der Waals surface area contributed by atoms with Gasteiger partial charge < -0.3 is 9.84 Å². The second-order valence-electron chi connectivity index (χ2n) is 17.7. The second kappa shape index (κ2) is 11.2. The number of non-ortho nitro benzene ring substituents is 1. The Bertz CT molecular complexity index is 1620. The molecule has 1 heterocycles. The van der Waals surface area contributed by atoms with Crippen molar-refractivity contribution in [2.75, 3.05) is 0 Å². The number of aromatic nitrogens is 3. The molecule has 5 saturated carbocycles. The van der Waals surface area contributed by atoms with Crippen molar-refractivity contribution in [1.82, 2.24) is 15.0 Å². The molecule has 0 aliphatic heterocycles. The number of rotatable bonds is 7. The number of nitrogens with zero attached hydrogens (tertiary/aromatic N) is 4. The van der Waals surface area contributed by atoms with E-state index in [-0.39, 0.29) is 39.4 Å². The zero-order valence-electron chi connectivity index (χ0n) is 29.7. The van der Waals surface area contributed by atoms with E-state index in [1.54, 1.807) is 16.8 Å². The van der Waals surface area contributed by atoms with E-state index >= 15 is 0 Å². The van der Waals surface area contributed by atoms with Crippen LogP contribution in [0.15, 0.2) is 42.6 Å². The number of carboxylic acids is 1. The molecule has 0 spiro atoms. The summed E-state index contributed by atoms with van der Waals surface area (Å²) in [6.45, 7) is 19.5. The molecule has 0 radical (unpaired) electrons. The number of benzene rings is 1. The van der Waals surface area contributed by atoms with Crippen LogP contribution in [-0.4, -0.2) is 37.1 Å². The molecular formula is C39H54N4O5. The van der Waals surface area contributed by atoms with Crippen LogP contribution in [0.5, 0.6) is 0 Å². The summed E-state index contributed by atoms with van der Waals surface area (Å²) in [7, 11) is 0. The van der Waals surface area contributed by atoms with Gasteiger partial charge in [0, 0.05) is 12.1 Å². The Balaban J connectivity index is 1.09. The van der Waals surface area contributed by atoms with Crippen molar-refractivity contribution in [1.29, 1.82) is 0 Å². The number of allylic oxidation sites excluding steroid dienone is 1. The first-order valence-electron chi connectivity index (χ1n) is 18.2. The molecule has 5 aliphatic rings. The molecule has 48 heavy (non-hydrogen) atoms. The summed E-state index contributed by atoms with van der Waals surface area (Å²) >= 11 is 0. The summed E-state index contributed by atoms with van der Waals surface area (Å²) in [4.78, 5) is 23.6. The van der Waals surface area contributed by atoms with Gasteiger partial charge in [0.2, 0.25) is 0 Å². The third kappa shape index (κ3) is 4.61. The lowest BCUT2D eigenvalue weighted by atomic mass is 9.32. The topological polar surface area (TPSA) is 120 Å². The van der Waals surface area contributed by atoms with Gasteiger partial charge in [-0.05, 0) is 135 Å². The van der Waals surface area contributed by atoms with Gasteiger partial charge in [-0.25, -0.2) is 4.68 Å². The zero-order chi connectivity index (χ0) is 34.4. The maximum atomic E-state index is 13.0. The van der Waals surface area contributed by atoms with E-state index in [2.05, 4.69) is 58.4 Å². The van der Waals surface area contributed by atoms with Crippen molar-refractivity contribution in [3.63, 3.8) is 0 Å². The Morgan fingerprint density at radius 3 is 2.38 bits per heavy atom. The summed E-state index contributed by atoms with van der Waals surface area (Å²) in [5, 5.41) is 30.3. The third-order valence-corrected chi connectivity index (χ3v) is 15.7. The molecule has 1 N–H and O–H groups in total. The Hall–Kier alpha value is -3.07. The zero-order valence-corrected chi connectivity index (χ0v) is 29.7. The monoisotopic (exact) mass is 658 g/mol. The highest BCUT2D eigenvalue weighted by molar-refractivity contribution is 5.76. The van der Waals surface area contributed by atoms with E-state index in [9.17, 15) is 20.0 Å². The number of hydrogen-bond donors (Lipinski definition) is 1. The lowest BCUT2D eigenvalue weighted by Crippen LogP contribution is -2.67. The van der Waals surface area contributed by atoms with Gasteiger partial charge in [0.25, 0.3) is 5.69 Å². The van der Waals surface area contributed by atoms with Crippen LogP contribution < -0.4 is 0 Å². The molecule has 10 atom stereocenters. The molecule has 0 unspecified atom stereocenters. The minimum Gasteiger partial charge on any atom is -0.481 e. The number of ether oxygens (including phenoxy) is 1. The number of nitro groups is 1. The maximum Gasteiger partial charge on any atom is 0.309 e. The quantitative estimate of drug-likeness (QED) is 0.179. The molecule has 0 saturated heterocycles. The summed E-state index contributed by atoms with van der Waals surface area (Å²) in [5.41, 5.74) is 2.60. The Kier molecular flexibility index (Phi) is 7.82. The van der Waals surface area contributed by atoms with Gasteiger partial charge in [0.1, 0.15) is 5.69 Å². The van der Waals surface area contributed by atoms with E-state index in [1.165, 1.54) is 37.0 Å². The molecule has 9 heteroatoms. The first kappa shape index (κ1) is 33.4. The van der Waals surface area contributed by atoms with E-state index < -0.39 is 16.3 Å². The fourth-order valence-electron chi connectivity index (χ4n) is 13.2. The molecule has 0 bridgehead atoms. The van der Waals surface area contributed by atoms with E-state index in [4.69, 9.17) is 4.74 Å². The van der Waals surface area contributed by atoms with E-state index in [0.717, 1.165) is 56.3 Å². The van der Waals surface area contributed by atoms with E-state index in [1.807, 2.05) is 6.20 Å². The number of carboxylic acid groups (broad SMARTS) is 1. The Morgan fingerprint density at radius 1 is 0.979 bits per heavy atom. The van der Waals surface area contributed by atoms with Gasteiger partial charge in [-0.3, -0.25) is 14.9 Å². The SMILES string of the molecule is C=C(C)[C@@H]1CC[C@]2(C(=O)O)CC[C@]3(C)[C@H](CC[C@@H]4[C@@]5(C)CC[C@H](OCc6cn(-c7ccc([N+](=O)[O-])cc7)nn6)C(C)(C)[C@@H]5CC[C@]43C)[C@@H]12. The molecule has 260 valence electrons. The van der Waals surface area contributed by atoms with Crippen LogP contribution in [-0.2, 0) is 16.1 Å². The maximum absolute atomic E-state index is 13.0. The molecule has 2 aromatic rings. The van der Waals surface area contributed by atoms with Crippen LogP contribution in [0.4, 0.5) is 5.69 Å².